The highest BCUT2D eigenvalue weighted by atomic mass is 16.1. The van der Waals surface area contributed by atoms with Crippen molar-refractivity contribution in [3.05, 3.63) is 29.3 Å². The second-order valence-electron chi connectivity index (χ2n) is 4.67. The molecule has 1 amide bonds. The highest BCUT2D eigenvalue weighted by Gasteiger charge is 2.25. The summed E-state index contributed by atoms with van der Waals surface area (Å²) in [5.41, 5.74) is 8.12. The van der Waals surface area contributed by atoms with E-state index in [1.54, 1.807) is 0 Å². The van der Waals surface area contributed by atoms with Crippen LogP contribution in [0.15, 0.2) is 18.2 Å². The lowest BCUT2D eigenvalue weighted by Crippen LogP contribution is -2.28. The number of nitrogens with one attached hydrogen (secondary N) is 1. The second kappa shape index (κ2) is 5.70. The Balaban J connectivity index is 2.18. The number of nitrogens with two attached hydrogens (primary N) is 1. The highest BCUT2D eigenvalue weighted by molar-refractivity contribution is 5.94. The van der Waals surface area contributed by atoms with Gasteiger partial charge in [0.1, 0.15) is 0 Å². The molecule has 1 aromatic rings. The van der Waals surface area contributed by atoms with Gasteiger partial charge in [0, 0.05) is 11.5 Å². The van der Waals surface area contributed by atoms with Gasteiger partial charge in [-0.2, -0.15) is 0 Å². The van der Waals surface area contributed by atoms with Gasteiger partial charge in [-0.3, -0.25) is 4.79 Å². The minimum atomic E-state index is 0.114. The average Bonchev–Trinajstić information content (AvgIpc) is 2.25. The molecule has 0 bridgehead atoms. The summed E-state index contributed by atoms with van der Waals surface area (Å²) in [5.74, 6) is 6.11. The Kier molecular flexibility index (Phi) is 4.01. The summed E-state index contributed by atoms with van der Waals surface area (Å²) in [6.07, 6.45) is 3.16. The van der Waals surface area contributed by atoms with Crippen LogP contribution < -0.4 is 11.1 Å². The Bertz CT molecular complexity index is 507. The van der Waals surface area contributed by atoms with Gasteiger partial charge in [0.25, 0.3) is 0 Å². The third kappa shape index (κ3) is 2.91. The molecule has 1 aliphatic carbocycles. The van der Waals surface area contributed by atoms with E-state index in [1.807, 2.05) is 25.1 Å². The molecule has 1 aliphatic rings. The van der Waals surface area contributed by atoms with Crippen LogP contribution in [0.2, 0.25) is 0 Å². The fraction of sp³-hybridized carbons (Fsp3) is 0.400. The maximum absolute atomic E-state index is 11.9. The number of hydrogen-bond donors (Lipinski definition) is 2. The van der Waals surface area contributed by atoms with Crippen LogP contribution in [0.25, 0.3) is 0 Å². The smallest absolute Gasteiger partial charge is 0.227 e. The lowest BCUT2D eigenvalue weighted by molar-refractivity contribution is -0.122. The number of hydrogen-bond acceptors (Lipinski definition) is 2. The zero-order valence-corrected chi connectivity index (χ0v) is 10.6. The minimum Gasteiger partial charge on any atom is -0.325 e. The first-order chi connectivity index (χ1) is 8.70. The Morgan fingerprint density at radius 1 is 1.50 bits per heavy atom. The summed E-state index contributed by atoms with van der Waals surface area (Å²) in [5, 5.41) is 2.98. The fourth-order valence-electron chi connectivity index (χ4n) is 1.92. The Morgan fingerprint density at radius 2 is 2.28 bits per heavy atom. The average molecular weight is 242 g/mol. The van der Waals surface area contributed by atoms with Crippen LogP contribution >= 0.6 is 0 Å². The van der Waals surface area contributed by atoms with E-state index < -0.39 is 0 Å². The van der Waals surface area contributed by atoms with Crippen LogP contribution in [0.5, 0.6) is 0 Å². The largest absolute Gasteiger partial charge is 0.325 e. The van der Waals surface area contributed by atoms with E-state index >= 15 is 0 Å². The molecule has 1 aromatic carbocycles. The van der Waals surface area contributed by atoms with E-state index in [0.29, 0.717) is 6.54 Å². The maximum Gasteiger partial charge on any atom is 0.227 e. The van der Waals surface area contributed by atoms with Crippen LogP contribution in [0.4, 0.5) is 5.69 Å². The zero-order valence-electron chi connectivity index (χ0n) is 10.6. The molecular formula is C15H18N2O. The zero-order chi connectivity index (χ0) is 13.0. The molecule has 0 spiro atoms. The van der Waals surface area contributed by atoms with Crippen LogP contribution in [0.1, 0.15) is 30.4 Å². The molecule has 94 valence electrons. The minimum absolute atomic E-state index is 0.114. The molecule has 0 heterocycles. The number of benzene rings is 1. The van der Waals surface area contributed by atoms with Gasteiger partial charge in [-0.25, -0.2) is 0 Å². The summed E-state index contributed by atoms with van der Waals surface area (Å²) < 4.78 is 0. The summed E-state index contributed by atoms with van der Waals surface area (Å²) in [6.45, 7) is 2.32. The van der Waals surface area contributed by atoms with Crippen molar-refractivity contribution in [2.24, 2.45) is 11.7 Å². The lowest BCUT2D eigenvalue weighted by atomic mass is 9.84. The maximum atomic E-state index is 11.9. The van der Waals surface area contributed by atoms with Crippen LogP contribution in [-0.2, 0) is 4.79 Å². The molecule has 3 nitrogen and oxygen atoms in total. The summed E-state index contributed by atoms with van der Waals surface area (Å²) in [6, 6.07) is 5.87. The molecule has 3 heteroatoms. The summed E-state index contributed by atoms with van der Waals surface area (Å²) in [7, 11) is 0. The molecule has 1 fully saturated rings. The van der Waals surface area contributed by atoms with Crippen molar-refractivity contribution in [1.29, 1.82) is 0 Å². The van der Waals surface area contributed by atoms with Gasteiger partial charge in [0.2, 0.25) is 5.91 Å². The molecule has 0 aliphatic heterocycles. The highest BCUT2D eigenvalue weighted by Crippen LogP contribution is 2.28. The number of carbonyl (C=O) groups is 1. The Hall–Kier alpha value is -1.79. The van der Waals surface area contributed by atoms with Crippen LogP contribution in [-0.4, -0.2) is 12.5 Å². The van der Waals surface area contributed by atoms with Gasteiger partial charge in [0.05, 0.1) is 12.2 Å². The third-order valence-corrected chi connectivity index (χ3v) is 3.23. The molecule has 0 aromatic heterocycles. The lowest BCUT2D eigenvalue weighted by Gasteiger charge is -2.24. The molecule has 0 unspecified atom stereocenters. The van der Waals surface area contributed by atoms with E-state index in [2.05, 4.69) is 17.2 Å². The van der Waals surface area contributed by atoms with Crippen molar-refractivity contribution in [2.45, 2.75) is 26.2 Å². The van der Waals surface area contributed by atoms with E-state index in [0.717, 1.165) is 36.1 Å². The van der Waals surface area contributed by atoms with Gasteiger partial charge in [-0.05, 0) is 37.5 Å². The fourth-order valence-corrected chi connectivity index (χ4v) is 1.92. The summed E-state index contributed by atoms with van der Waals surface area (Å²) >= 11 is 0. The van der Waals surface area contributed by atoms with Gasteiger partial charge >= 0.3 is 0 Å². The van der Waals surface area contributed by atoms with Crippen molar-refractivity contribution < 1.29 is 4.79 Å². The monoisotopic (exact) mass is 242 g/mol. The Labute approximate surface area is 108 Å². The molecule has 0 radical (unpaired) electrons. The molecule has 1 saturated carbocycles. The summed E-state index contributed by atoms with van der Waals surface area (Å²) in [4.78, 5) is 11.9. The molecule has 18 heavy (non-hydrogen) atoms. The van der Waals surface area contributed by atoms with Gasteiger partial charge in [0.15, 0.2) is 0 Å². The van der Waals surface area contributed by atoms with E-state index in [1.165, 1.54) is 0 Å². The van der Waals surface area contributed by atoms with Crippen LogP contribution in [0.3, 0.4) is 0 Å². The normalized spacial score (nSPS) is 14.3. The molecule has 2 rings (SSSR count). The number of rotatable bonds is 2. The third-order valence-electron chi connectivity index (χ3n) is 3.23. The first-order valence-corrected chi connectivity index (χ1v) is 6.31. The number of amides is 1. The Morgan fingerprint density at radius 3 is 2.89 bits per heavy atom. The van der Waals surface area contributed by atoms with E-state index in [4.69, 9.17) is 5.73 Å². The quantitative estimate of drug-likeness (QED) is 0.780. The topological polar surface area (TPSA) is 55.1 Å². The van der Waals surface area contributed by atoms with Crippen molar-refractivity contribution in [2.75, 3.05) is 11.9 Å². The standard InChI is InChI=1S/C15H18N2O/c1-11-7-8-12(6-3-9-16)14(10-11)17-15(18)13-4-2-5-13/h7-8,10,13H,2,4-5,9,16H2,1H3,(H,17,18). The van der Waals surface area contributed by atoms with Crippen molar-refractivity contribution in [3.63, 3.8) is 0 Å². The molecule has 3 N–H and O–H groups in total. The molecular weight excluding hydrogens is 224 g/mol. The van der Waals surface area contributed by atoms with Crippen molar-refractivity contribution >= 4 is 11.6 Å². The number of aryl methyl sites for hydroxylation is 1. The molecule has 0 saturated heterocycles. The van der Waals surface area contributed by atoms with Crippen LogP contribution in [0, 0.1) is 24.7 Å². The first-order valence-electron chi connectivity index (χ1n) is 6.31. The predicted octanol–water partition coefficient (Wildman–Crippen LogP) is 2.04. The van der Waals surface area contributed by atoms with E-state index in [9.17, 15) is 4.79 Å². The SMILES string of the molecule is Cc1ccc(C#CCN)c(NC(=O)C2CCC2)c1. The van der Waals surface area contributed by atoms with E-state index in [-0.39, 0.29) is 11.8 Å². The van der Waals surface area contributed by atoms with Gasteiger partial charge < -0.3 is 11.1 Å². The van der Waals surface area contributed by atoms with Crippen molar-refractivity contribution in [1.82, 2.24) is 0 Å². The number of carbonyl (C=O) groups excluding carboxylic acids is 1. The first kappa shape index (κ1) is 12.7. The molecule has 0 atom stereocenters. The number of anilines is 1. The second-order valence-corrected chi connectivity index (χ2v) is 4.67. The van der Waals surface area contributed by atoms with Crippen molar-refractivity contribution in [3.8, 4) is 11.8 Å². The predicted molar refractivity (Wildman–Crippen MR) is 73.1 cm³/mol. The van der Waals surface area contributed by atoms with Gasteiger partial charge in [-0.1, -0.05) is 24.3 Å². The van der Waals surface area contributed by atoms with Gasteiger partial charge in [-0.15, -0.1) is 0 Å².